The van der Waals surface area contributed by atoms with Gasteiger partial charge in [0.15, 0.2) is 0 Å². The van der Waals surface area contributed by atoms with Crippen molar-refractivity contribution >= 4 is 11.6 Å². The molecule has 0 aliphatic heterocycles. The molecule has 18 heavy (non-hydrogen) atoms. The summed E-state index contributed by atoms with van der Waals surface area (Å²) in [6.45, 7) is 3.75. The maximum atomic E-state index is 12.9. The van der Waals surface area contributed by atoms with Gasteiger partial charge in [-0.05, 0) is 47.5 Å². The van der Waals surface area contributed by atoms with E-state index in [2.05, 4.69) is 12.2 Å². The molecule has 3 heteroatoms. The fourth-order valence-corrected chi connectivity index (χ4v) is 2.03. The van der Waals surface area contributed by atoms with Crippen LogP contribution in [0.15, 0.2) is 42.5 Å². The van der Waals surface area contributed by atoms with Crippen LogP contribution in [0.25, 0.3) is 11.1 Å². The van der Waals surface area contributed by atoms with Gasteiger partial charge in [0.1, 0.15) is 5.82 Å². The van der Waals surface area contributed by atoms with Gasteiger partial charge in [0, 0.05) is 11.6 Å². The van der Waals surface area contributed by atoms with Crippen LogP contribution < -0.4 is 5.32 Å². The molecule has 1 N–H and O–H groups in total. The highest BCUT2D eigenvalue weighted by atomic mass is 35.5. The summed E-state index contributed by atoms with van der Waals surface area (Å²) in [7, 11) is 0. The van der Waals surface area contributed by atoms with E-state index < -0.39 is 0 Å². The summed E-state index contributed by atoms with van der Waals surface area (Å²) in [5.74, 6) is -0.228. The highest BCUT2D eigenvalue weighted by Crippen LogP contribution is 2.27. The Kier molecular flexibility index (Phi) is 4.34. The Morgan fingerprint density at radius 2 is 1.83 bits per heavy atom. The zero-order valence-corrected chi connectivity index (χ0v) is 11.0. The Hall–Kier alpha value is -1.38. The van der Waals surface area contributed by atoms with Gasteiger partial charge in [0.2, 0.25) is 0 Å². The molecule has 0 saturated carbocycles. The first-order valence-corrected chi connectivity index (χ1v) is 6.33. The topological polar surface area (TPSA) is 12.0 Å². The highest BCUT2D eigenvalue weighted by Gasteiger charge is 2.06. The van der Waals surface area contributed by atoms with Crippen molar-refractivity contribution in [3.05, 3.63) is 58.9 Å². The van der Waals surface area contributed by atoms with Gasteiger partial charge in [-0.1, -0.05) is 36.7 Å². The second kappa shape index (κ2) is 5.98. The Balaban J connectivity index is 2.40. The van der Waals surface area contributed by atoms with Crippen molar-refractivity contribution in [2.24, 2.45) is 0 Å². The highest BCUT2D eigenvalue weighted by molar-refractivity contribution is 6.30. The van der Waals surface area contributed by atoms with Crippen molar-refractivity contribution in [2.75, 3.05) is 6.54 Å². The molecule has 0 radical (unpaired) electrons. The van der Waals surface area contributed by atoms with Gasteiger partial charge >= 0.3 is 0 Å². The minimum absolute atomic E-state index is 0.228. The van der Waals surface area contributed by atoms with Crippen LogP contribution in [0.5, 0.6) is 0 Å². The fraction of sp³-hybridized carbons (Fsp3) is 0.200. The van der Waals surface area contributed by atoms with Crippen molar-refractivity contribution in [2.45, 2.75) is 13.5 Å². The summed E-state index contributed by atoms with van der Waals surface area (Å²) in [5.41, 5.74) is 3.18. The molecular weight excluding hydrogens is 249 g/mol. The summed E-state index contributed by atoms with van der Waals surface area (Å²) in [6.07, 6.45) is 0. The maximum absolute atomic E-state index is 12.9. The first-order chi connectivity index (χ1) is 8.70. The Morgan fingerprint density at radius 3 is 2.50 bits per heavy atom. The Bertz CT molecular complexity index is 523. The molecular formula is C15H15ClFN. The summed E-state index contributed by atoms with van der Waals surface area (Å²) in [4.78, 5) is 0. The largest absolute Gasteiger partial charge is 0.313 e. The van der Waals surface area contributed by atoms with Gasteiger partial charge in [-0.2, -0.15) is 0 Å². The van der Waals surface area contributed by atoms with E-state index in [4.69, 9.17) is 11.6 Å². The van der Waals surface area contributed by atoms with Crippen LogP contribution in [0, 0.1) is 5.82 Å². The smallest absolute Gasteiger partial charge is 0.123 e. The number of hydrogen-bond donors (Lipinski definition) is 1. The molecule has 1 nitrogen and oxygen atoms in total. The van der Waals surface area contributed by atoms with Crippen LogP contribution in [0.3, 0.4) is 0 Å². The van der Waals surface area contributed by atoms with Gasteiger partial charge in [-0.3, -0.25) is 0 Å². The second-order valence-corrected chi connectivity index (χ2v) is 4.53. The maximum Gasteiger partial charge on any atom is 0.123 e. The van der Waals surface area contributed by atoms with Gasteiger partial charge in [0.25, 0.3) is 0 Å². The van der Waals surface area contributed by atoms with Crippen LogP contribution in [-0.4, -0.2) is 6.54 Å². The molecule has 0 saturated heterocycles. The van der Waals surface area contributed by atoms with Crippen molar-refractivity contribution in [3.8, 4) is 11.1 Å². The molecule has 2 aromatic rings. The Labute approximate surface area is 112 Å². The third-order valence-corrected chi connectivity index (χ3v) is 3.03. The van der Waals surface area contributed by atoms with Crippen molar-refractivity contribution < 1.29 is 4.39 Å². The van der Waals surface area contributed by atoms with Crippen LogP contribution in [-0.2, 0) is 6.54 Å². The number of halogens is 2. The van der Waals surface area contributed by atoms with E-state index in [1.54, 1.807) is 12.1 Å². The number of hydrogen-bond acceptors (Lipinski definition) is 1. The van der Waals surface area contributed by atoms with Crippen LogP contribution in [0.4, 0.5) is 4.39 Å². The van der Waals surface area contributed by atoms with E-state index >= 15 is 0 Å². The summed E-state index contributed by atoms with van der Waals surface area (Å²) < 4.78 is 12.9. The van der Waals surface area contributed by atoms with Gasteiger partial charge in [-0.15, -0.1) is 0 Å². The molecule has 0 spiro atoms. The number of rotatable bonds is 4. The predicted molar refractivity (Wildman–Crippen MR) is 74.2 cm³/mol. The van der Waals surface area contributed by atoms with E-state index in [0.717, 1.165) is 29.8 Å². The minimum Gasteiger partial charge on any atom is -0.313 e. The molecule has 0 aliphatic carbocycles. The van der Waals surface area contributed by atoms with E-state index in [1.807, 2.05) is 18.2 Å². The first kappa shape index (κ1) is 13.1. The Morgan fingerprint density at radius 1 is 1.11 bits per heavy atom. The molecule has 0 bridgehead atoms. The lowest BCUT2D eigenvalue weighted by atomic mass is 9.99. The first-order valence-electron chi connectivity index (χ1n) is 5.96. The standard InChI is InChI=1S/C15H15ClFN/c1-2-18-10-12-3-6-13(16)9-15(12)11-4-7-14(17)8-5-11/h3-9,18H,2,10H2,1H3. The molecule has 2 aromatic carbocycles. The summed E-state index contributed by atoms with van der Waals surface area (Å²) in [6, 6.07) is 12.3. The predicted octanol–water partition coefficient (Wildman–Crippen LogP) is 4.26. The van der Waals surface area contributed by atoms with E-state index in [1.165, 1.54) is 12.1 Å². The van der Waals surface area contributed by atoms with E-state index in [-0.39, 0.29) is 5.82 Å². The molecule has 0 amide bonds. The van der Waals surface area contributed by atoms with Gasteiger partial charge in [-0.25, -0.2) is 4.39 Å². The summed E-state index contributed by atoms with van der Waals surface area (Å²) >= 11 is 6.04. The average Bonchev–Trinajstić information content (AvgIpc) is 2.38. The van der Waals surface area contributed by atoms with Gasteiger partial charge < -0.3 is 5.32 Å². The quantitative estimate of drug-likeness (QED) is 0.869. The average molecular weight is 264 g/mol. The molecule has 0 fully saturated rings. The van der Waals surface area contributed by atoms with Crippen LogP contribution in [0.2, 0.25) is 5.02 Å². The van der Waals surface area contributed by atoms with Crippen molar-refractivity contribution in [3.63, 3.8) is 0 Å². The molecule has 0 atom stereocenters. The fourth-order valence-electron chi connectivity index (χ4n) is 1.86. The lowest BCUT2D eigenvalue weighted by molar-refractivity contribution is 0.628. The third-order valence-electron chi connectivity index (χ3n) is 2.79. The zero-order valence-electron chi connectivity index (χ0n) is 10.2. The molecule has 0 aromatic heterocycles. The van der Waals surface area contributed by atoms with Crippen molar-refractivity contribution in [1.82, 2.24) is 5.32 Å². The molecule has 0 heterocycles. The van der Waals surface area contributed by atoms with E-state index in [0.29, 0.717) is 5.02 Å². The number of nitrogens with one attached hydrogen (secondary N) is 1. The minimum atomic E-state index is -0.228. The lowest BCUT2D eigenvalue weighted by Crippen LogP contribution is -2.12. The molecule has 0 aliphatic rings. The second-order valence-electron chi connectivity index (χ2n) is 4.09. The van der Waals surface area contributed by atoms with Gasteiger partial charge in [0.05, 0.1) is 0 Å². The normalized spacial score (nSPS) is 10.6. The van der Waals surface area contributed by atoms with Crippen molar-refractivity contribution in [1.29, 1.82) is 0 Å². The molecule has 0 unspecified atom stereocenters. The molecule has 94 valence electrons. The number of benzene rings is 2. The zero-order chi connectivity index (χ0) is 13.0. The third kappa shape index (κ3) is 3.09. The van der Waals surface area contributed by atoms with E-state index in [9.17, 15) is 4.39 Å². The monoisotopic (exact) mass is 263 g/mol. The lowest BCUT2D eigenvalue weighted by Gasteiger charge is -2.11. The van der Waals surface area contributed by atoms with Crippen LogP contribution >= 0.6 is 11.6 Å². The molecule has 2 rings (SSSR count). The van der Waals surface area contributed by atoms with Crippen LogP contribution in [0.1, 0.15) is 12.5 Å². The summed E-state index contributed by atoms with van der Waals surface area (Å²) in [5, 5.41) is 3.98. The SMILES string of the molecule is CCNCc1ccc(Cl)cc1-c1ccc(F)cc1.